The van der Waals surface area contributed by atoms with Crippen LogP contribution in [-0.2, 0) is 5.41 Å². The lowest BCUT2D eigenvalue weighted by molar-refractivity contribution is 0.517. The van der Waals surface area contributed by atoms with E-state index >= 15 is 0 Å². The third-order valence-electron chi connectivity index (χ3n) is 4.68. The fourth-order valence-electron chi connectivity index (χ4n) is 3.22. The van der Waals surface area contributed by atoms with Crippen LogP contribution in [-0.4, -0.2) is 5.71 Å². The molecule has 2 heteroatoms. The Hall–Kier alpha value is -1.34. The topological polar surface area (TPSA) is 12.4 Å². The predicted octanol–water partition coefficient (Wildman–Crippen LogP) is 5.62. The van der Waals surface area contributed by atoms with E-state index in [2.05, 4.69) is 44.2 Å². The van der Waals surface area contributed by atoms with Gasteiger partial charge in [-0.1, -0.05) is 49.2 Å². The van der Waals surface area contributed by atoms with Crippen molar-refractivity contribution in [3.63, 3.8) is 0 Å². The van der Waals surface area contributed by atoms with Crippen molar-refractivity contribution >= 4 is 23.0 Å². The third kappa shape index (κ3) is 2.35. The molecule has 0 bridgehead atoms. The first-order valence-electron chi connectivity index (χ1n) is 7.30. The Morgan fingerprint density at radius 1 is 1.25 bits per heavy atom. The van der Waals surface area contributed by atoms with Gasteiger partial charge in [0.15, 0.2) is 0 Å². The Morgan fingerprint density at radius 3 is 2.75 bits per heavy atom. The number of allylic oxidation sites excluding steroid dienone is 4. The smallest absolute Gasteiger partial charge is 0.0671 e. The van der Waals surface area contributed by atoms with E-state index in [-0.39, 0.29) is 5.41 Å². The number of hydrogen-bond donors (Lipinski definition) is 0. The van der Waals surface area contributed by atoms with Crippen molar-refractivity contribution in [1.82, 2.24) is 0 Å². The van der Waals surface area contributed by atoms with E-state index in [0.717, 1.165) is 17.1 Å². The van der Waals surface area contributed by atoms with Gasteiger partial charge in [-0.3, -0.25) is 4.99 Å². The van der Waals surface area contributed by atoms with Crippen LogP contribution in [0.1, 0.15) is 38.7 Å². The molecule has 3 rings (SSSR count). The highest BCUT2D eigenvalue weighted by Gasteiger charge is 2.36. The molecule has 1 aliphatic heterocycles. The van der Waals surface area contributed by atoms with Crippen LogP contribution >= 0.6 is 11.6 Å². The van der Waals surface area contributed by atoms with E-state index in [1.54, 1.807) is 0 Å². The highest BCUT2D eigenvalue weighted by molar-refractivity contribution is 6.30. The van der Waals surface area contributed by atoms with Crippen LogP contribution in [0.15, 0.2) is 47.5 Å². The molecule has 1 heterocycles. The van der Waals surface area contributed by atoms with Crippen LogP contribution in [0.2, 0.25) is 5.02 Å². The molecular formula is C18H20ClN. The van der Waals surface area contributed by atoms with Crippen molar-refractivity contribution in [3.05, 3.63) is 53.1 Å². The monoisotopic (exact) mass is 285 g/mol. The normalized spacial score (nSPS) is 24.2. The maximum absolute atomic E-state index is 6.17. The van der Waals surface area contributed by atoms with Crippen LogP contribution in [0.5, 0.6) is 0 Å². The Kier molecular flexibility index (Phi) is 3.55. The molecule has 0 N–H and O–H groups in total. The van der Waals surface area contributed by atoms with Crippen LogP contribution in [0.4, 0.5) is 5.69 Å². The van der Waals surface area contributed by atoms with Gasteiger partial charge in [-0.2, -0.15) is 0 Å². The van der Waals surface area contributed by atoms with Gasteiger partial charge in [0.2, 0.25) is 0 Å². The number of hydrogen-bond acceptors (Lipinski definition) is 1. The summed E-state index contributed by atoms with van der Waals surface area (Å²) in [6, 6.07) is 6.05. The highest BCUT2D eigenvalue weighted by atomic mass is 35.5. The minimum Gasteiger partial charge on any atom is -0.257 e. The summed E-state index contributed by atoms with van der Waals surface area (Å²) >= 11 is 6.17. The lowest BCUT2D eigenvalue weighted by atomic mass is 9.75. The Bertz CT molecular complexity index is 600. The molecule has 1 aliphatic carbocycles. The molecule has 1 aromatic rings. The van der Waals surface area contributed by atoms with Gasteiger partial charge >= 0.3 is 0 Å². The number of aliphatic imine (C=N–C) groups is 1. The fourth-order valence-corrected chi connectivity index (χ4v) is 3.40. The van der Waals surface area contributed by atoms with Crippen molar-refractivity contribution in [2.75, 3.05) is 0 Å². The van der Waals surface area contributed by atoms with Gasteiger partial charge in [-0.05, 0) is 49.4 Å². The molecule has 1 unspecified atom stereocenters. The van der Waals surface area contributed by atoms with Gasteiger partial charge in [0.05, 0.1) is 5.69 Å². The van der Waals surface area contributed by atoms with Crippen LogP contribution in [0, 0.1) is 5.92 Å². The Balaban J connectivity index is 1.74. The van der Waals surface area contributed by atoms with Crippen LogP contribution in [0.3, 0.4) is 0 Å². The van der Waals surface area contributed by atoms with E-state index in [4.69, 9.17) is 16.6 Å². The summed E-state index contributed by atoms with van der Waals surface area (Å²) in [4.78, 5) is 4.73. The molecule has 2 aliphatic rings. The molecule has 0 aromatic heterocycles. The first-order chi connectivity index (χ1) is 9.59. The first-order valence-corrected chi connectivity index (χ1v) is 7.68. The number of halogens is 1. The van der Waals surface area contributed by atoms with Crippen LogP contribution < -0.4 is 0 Å². The SMILES string of the molecule is CC1=Nc2ccc(Cl)cc2C1(C)CCCC1C=CC=C1. The molecule has 0 amide bonds. The lowest BCUT2D eigenvalue weighted by Gasteiger charge is -2.26. The molecule has 1 nitrogen and oxygen atoms in total. The van der Waals surface area contributed by atoms with Crippen LogP contribution in [0.25, 0.3) is 0 Å². The average molecular weight is 286 g/mol. The first kappa shape index (κ1) is 13.6. The van der Waals surface area contributed by atoms with Gasteiger partial charge < -0.3 is 0 Å². The summed E-state index contributed by atoms with van der Waals surface area (Å²) in [6.45, 7) is 4.44. The average Bonchev–Trinajstić information content (AvgIpc) is 3.00. The maximum Gasteiger partial charge on any atom is 0.0671 e. The van der Waals surface area contributed by atoms with Gasteiger partial charge in [0.1, 0.15) is 0 Å². The zero-order valence-corrected chi connectivity index (χ0v) is 12.8. The van der Waals surface area contributed by atoms with Crippen molar-refractivity contribution in [3.8, 4) is 0 Å². The molecule has 0 fully saturated rings. The zero-order chi connectivity index (χ0) is 14.2. The minimum absolute atomic E-state index is 0.0479. The fraction of sp³-hybridized carbons (Fsp3) is 0.389. The maximum atomic E-state index is 6.17. The zero-order valence-electron chi connectivity index (χ0n) is 12.1. The van der Waals surface area contributed by atoms with Gasteiger partial charge in [-0.15, -0.1) is 0 Å². The number of benzene rings is 1. The number of fused-ring (bicyclic) bond motifs is 1. The van der Waals surface area contributed by atoms with Crippen molar-refractivity contribution in [1.29, 1.82) is 0 Å². The second-order valence-corrected chi connectivity index (χ2v) is 6.45. The highest BCUT2D eigenvalue weighted by Crippen LogP contribution is 2.44. The lowest BCUT2D eigenvalue weighted by Crippen LogP contribution is -2.27. The molecule has 0 saturated carbocycles. The molecule has 20 heavy (non-hydrogen) atoms. The number of rotatable bonds is 4. The van der Waals surface area contributed by atoms with E-state index < -0.39 is 0 Å². The van der Waals surface area contributed by atoms with Crippen molar-refractivity contribution in [2.45, 2.75) is 38.5 Å². The minimum atomic E-state index is 0.0479. The van der Waals surface area contributed by atoms with Crippen molar-refractivity contribution in [2.24, 2.45) is 10.9 Å². The quantitative estimate of drug-likeness (QED) is 0.681. The molecule has 104 valence electrons. The number of nitrogens with zero attached hydrogens (tertiary/aromatic N) is 1. The molecule has 0 spiro atoms. The summed E-state index contributed by atoms with van der Waals surface area (Å²) in [6.07, 6.45) is 12.4. The second kappa shape index (κ2) is 5.21. The summed E-state index contributed by atoms with van der Waals surface area (Å²) in [5, 5.41) is 0.807. The Morgan fingerprint density at radius 2 is 2.00 bits per heavy atom. The van der Waals surface area contributed by atoms with E-state index in [9.17, 15) is 0 Å². The summed E-state index contributed by atoms with van der Waals surface area (Å²) in [7, 11) is 0. The predicted molar refractivity (Wildman–Crippen MR) is 87.2 cm³/mol. The van der Waals surface area contributed by atoms with E-state index in [0.29, 0.717) is 5.92 Å². The van der Waals surface area contributed by atoms with E-state index in [1.165, 1.54) is 24.1 Å². The van der Waals surface area contributed by atoms with Gasteiger partial charge in [-0.25, -0.2) is 0 Å². The largest absolute Gasteiger partial charge is 0.257 e. The standard InChI is InChI=1S/C18H20ClN/c1-13-18(2,11-5-8-14-6-3-4-7-14)16-12-15(19)9-10-17(16)20-13/h3-4,6-7,9-10,12,14H,5,8,11H2,1-2H3. The summed E-state index contributed by atoms with van der Waals surface area (Å²) in [5.74, 6) is 0.621. The molecule has 0 radical (unpaired) electrons. The summed E-state index contributed by atoms with van der Waals surface area (Å²) < 4.78 is 0. The Labute approximate surface area is 126 Å². The van der Waals surface area contributed by atoms with Gasteiger partial charge in [0.25, 0.3) is 0 Å². The third-order valence-corrected chi connectivity index (χ3v) is 4.92. The molecule has 0 saturated heterocycles. The molecule has 1 aromatic carbocycles. The summed E-state index contributed by atoms with van der Waals surface area (Å²) in [5.41, 5.74) is 3.65. The van der Waals surface area contributed by atoms with E-state index in [1.807, 2.05) is 12.1 Å². The molecule has 1 atom stereocenters. The second-order valence-electron chi connectivity index (χ2n) is 6.02. The van der Waals surface area contributed by atoms with Crippen molar-refractivity contribution < 1.29 is 0 Å². The molecular weight excluding hydrogens is 266 g/mol. The van der Waals surface area contributed by atoms with Gasteiger partial charge in [0, 0.05) is 16.1 Å².